The zero-order valence-corrected chi connectivity index (χ0v) is 8.32. The fourth-order valence-corrected chi connectivity index (χ4v) is 2.24. The Labute approximate surface area is 78.1 Å². The van der Waals surface area contributed by atoms with Crippen LogP contribution in [0.1, 0.15) is 13.8 Å². The van der Waals surface area contributed by atoms with Crippen molar-refractivity contribution in [3.05, 3.63) is 0 Å². The van der Waals surface area contributed by atoms with E-state index >= 15 is 0 Å². The van der Waals surface area contributed by atoms with Gasteiger partial charge in [0.05, 0.1) is 0 Å². The highest BCUT2D eigenvalue weighted by Gasteiger charge is 2.17. The molecule has 0 aliphatic rings. The van der Waals surface area contributed by atoms with Gasteiger partial charge < -0.3 is 10.2 Å². The molecule has 0 radical (unpaired) electrons. The lowest BCUT2D eigenvalue weighted by atomic mass is 10.5. The van der Waals surface area contributed by atoms with Crippen molar-refractivity contribution in [2.45, 2.75) is 24.3 Å². The highest BCUT2D eigenvalue weighted by molar-refractivity contribution is 8.77. The average molecular weight is 210 g/mol. The predicted octanol–water partition coefficient (Wildman–Crippen LogP) is 1.31. The van der Waals surface area contributed by atoms with Crippen LogP contribution in [-0.4, -0.2) is 32.7 Å². The molecule has 0 amide bonds. The Balaban J connectivity index is 3.68. The monoisotopic (exact) mass is 210 g/mol. The van der Waals surface area contributed by atoms with Crippen LogP contribution in [0.2, 0.25) is 0 Å². The lowest BCUT2D eigenvalue weighted by molar-refractivity contribution is -0.137. The van der Waals surface area contributed by atoms with E-state index in [0.29, 0.717) is 0 Å². The summed E-state index contributed by atoms with van der Waals surface area (Å²) >= 11 is 0. The maximum absolute atomic E-state index is 10.3. The third-order valence-electron chi connectivity index (χ3n) is 1.04. The van der Waals surface area contributed by atoms with E-state index in [4.69, 9.17) is 10.2 Å². The molecule has 70 valence electrons. The summed E-state index contributed by atoms with van der Waals surface area (Å²) in [7, 11) is 2.11. The van der Waals surface area contributed by atoms with Crippen LogP contribution in [0.15, 0.2) is 0 Å². The SMILES string of the molecule is C[C@H](SS[C@@H](C)C(=O)O)C(=O)O. The Kier molecular flexibility index (Phi) is 5.16. The summed E-state index contributed by atoms with van der Waals surface area (Å²) in [5.74, 6) is -1.85. The van der Waals surface area contributed by atoms with Gasteiger partial charge in [-0.15, -0.1) is 0 Å². The fourth-order valence-electron chi connectivity index (χ4n) is 0.249. The molecule has 6 heteroatoms. The van der Waals surface area contributed by atoms with E-state index in [1.54, 1.807) is 0 Å². The summed E-state index contributed by atoms with van der Waals surface area (Å²) in [5.41, 5.74) is 0. The highest BCUT2D eigenvalue weighted by Crippen LogP contribution is 2.30. The molecule has 0 aliphatic heterocycles. The minimum absolute atomic E-state index is 0.572. The molecule has 0 aliphatic carbocycles. The maximum atomic E-state index is 10.3. The second kappa shape index (κ2) is 5.31. The molecule has 0 spiro atoms. The summed E-state index contributed by atoms with van der Waals surface area (Å²) in [5, 5.41) is 15.8. The molecular formula is C6H10O4S2. The second-order valence-corrected chi connectivity index (χ2v) is 5.11. The molecule has 0 bridgehead atoms. The van der Waals surface area contributed by atoms with Gasteiger partial charge in [0.25, 0.3) is 0 Å². The van der Waals surface area contributed by atoms with Crippen molar-refractivity contribution in [1.82, 2.24) is 0 Å². The molecule has 0 rings (SSSR count). The highest BCUT2D eigenvalue weighted by atomic mass is 33.1. The zero-order valence-electron chi connectivity index (χ0n) is 6.68. The summed E-state index contributed by atoms with van der Waals surface area (Å²) in [6.07, 6.45) is 0. The summed E-state index contributed by atoms with van der Waals surface area (Å²) in [6, 6.07) is 0. The quantitative estimate of drug-likeness (QED) is 0.666. The number of hydrogen-bond acceptors (Lipinski definition) is 4. The van der Waals surface area contributed by atoms with Crippen LogP contribution < -0.4 is 0 Å². The minimum atomic E-state index is -0.926. The van der Waals surface area contributed by atoms with Gasteiger partial charge in [0.2, 0.25) is 0 Å². The summed E-state index contributed by atoms with van der Waals surface area (Å²) in [4.78, 5) is 20.6. The Morgan fingerprint density at radius 2 is 1.25 bits per heavy atom. The third kappa shape index (κ3) is 4.50. The van der Waals surface area contributed by atoms with Crippen LogP contribution in [-0.2, 0) is 9.59 Å². The van der Waals surface area contributed by atoms with Crippen LogP contribution in [0.5, 0.6) is 0 Å². The van der Waals surface area contributed by atoms with Crippen molar-refractivity contribution in [2.24, 2.45) is 0 Å². The molecule has 0 aromatic carbocycles. The van der Waals surface area contributed by atoms with Gasteiger partial charge in [-0.2, -0.15) is 0 Å². The topological polar surface area (TPSA) is 74.6 Å². The molecule has 0 aromatic heterocycles. The first-order valence-electron chi connectivity index (χ1n) is 3.23. The van der Waals surface area contributed by atoms with Gasteiger partial charge in [0, 0.05) is 0 Å². The van der Waals surface area contributed by atoms with Crippen LogP contribution in [0, 0.1) is 0 Å². The lowest BCUT2D eigenvalue weighted by Gasteiger charge is -2.07. The van der Waals surface area contributed by atoms with Gasteiger partial charge in [0.1, 0.15) is 10.5 Å². The molecule has 0 saturated heterocycles. The van der Waals surface area contributed by atoms with E-state index in [-0.39, 0.29) is 0 Å². The molecular weight excluding hydrogens is 200 g/mol. The van der Waals surface area contributed by atoms with Crippen LogP contribution >= 0.6 is 21.6 Å². The summed E-state index contributed by atoms with van der Waals surface area (Å²) in [6.45, 7) is 3.04. The second-order valence-electron chi connectivity index (χ2n) is 2.15. The first-order chi connectivity index (χ1) is 5.45. The molecule has 0 fully saturated rings. The molecule has 4 nitrogen and oxygen atoms in total. The predicted molar refractivity (Wildman–Crippen MR) is 49.4 cm³/mol. The fraction of sp³-hybridized carbons (Fsp3) is 0.667. The molecule has 0 saturated carbocycles. The molecule has 2 N–H and O–H groups in total. The van der Waals surface area contributed by atoms with Gasteiger partial charge in [-0.3, -0.25) is 9.59 Å². The number of carboxylic acids is 2. The minimum Gasteiger partial charge on any atom is -0.480 e. The van der Waals surface area contributed by atoms with Crippen LogP contribution in [0.25, 0.3) is 0 Å². The molecule has 12 heavy (non-hydrogen) atoms. The number of aliphatic carboxylic acids is 2. The van der Waals surface area contributed by atoms with Gasteiger partial charge in [-0.1, -0.05) is 21.6 Å². The Hall–Kier alpha value is -0.360. The van der Waals surface area contributed by atoms with Crippen molar-refractivity contribution in [3.8, 4) is 0 Å². The number of carboxylic acid groups (broad SMARTS) is 2. The molecule has 0 heterocycles. The van der Waals surface area contributed by atoms with Gasteiger partial charge >= 0.3 is 11.9 Å². The Morgan fingerprint density at radius 3 is 1.42 bits per heavy atom. The van der Waals surface area contributed by atoms with E-state index < -0.39 is 22.4 Å². The van der Waals surface area contributed by atoms with E-state index in [0.717, 1.165) is 21.6 Å². The molecule has 2 atom stereocenters. The van der Waals surface area contributed by atoms with Crippen molar-refractivity contribution in [3.63, 3.8) is 0 Å². The van der Waals surface area contributed by atoms with Crippen molar-refractivity contribution in [2.75, 3.05) is 0 Å². The normalized spacial score (nSPS) is 15.2. The first-order valence-corrected chi connectivity index (χ1v) is 5.50. The van der Waals surface area contributed by atoms with Crippen molar-refractivity contribution in [1.29, 1.82) is 0 Å². The molecule has 0 unspecified atom stereocenters. The largest absolute Gasteiger partial charge is 0.480 e. The lowest BCUT2D eigenvalue weighted by Crippen LogP contribution is -2.14. The van der Waals surface area contributed by atoms with E-state index in [1.165, 1.54) is 13.8 Å². The number of hydrogen-bond donors (Lipinski definition) is 2. The van der Waals surface area contributed by atoms with Gasteiger partial charge in [-0.25, -0.2) is 0 Å². The summed E-state index contributed by atoms with van der Waals surface area (Å²) < 4.78 is 0. The maximum Gasteiger partial charge on any atom is 0.317 e. The average Bonchev–Trinajstić information content (AvgIpc) is 1.98. The van der Waals surface area contributed by atoms with Crippen molar-refractivity contribution < 1.29 is 19.8 Å². The Morgan fingerprint density at radius 1 is 1.00 bits per heavy atom. The molecule has 0 aromatic rings. The Bertz CT molecular complexity index is 162. The zero-order chi connectivity index (χ0) is 9.72. The van der Waals surface area contributed by atoms with Gasteiger partial charge in [0.15, 0.2) is 0 Å². The van der Waals surface area contributed by atoms with E-state index in [2.05, 4.69) is 0 Å². The van der Waals surface area contributed by atoms with E-state index in [1.807, 2.05) is 0 Å². The van der Waals surface area contributed by atoms with Crippen LogP contribution in [0.3, 0.4) is 0 Å². The third-order valence-corrected chi connectivity index (χ3v) is 4.20. The smallest absolute Gasteiger partial charge is 0.317 e. The number of carbonyl (C=O) groups is 2. The van der Waals surface area contributed by atoms with Crippen molar-refractivity contribution >= 4 is 33.5 Å². The number of rotatable bonds is 5. The first kappa shape index (κ1) is 11.6. The van der Waals surface area contributed by atoms with Gasteiger partial charge in [-0.05, 0) is 13.8 Å². The standard InChI is InChI=1S/C6H10O4S2/c1-3(5(7)8)11-12-4(2)6(9)10/h3-4H,1-2H3,(H,7,8)(H,9,10)/t3-,4-/m0/s1. The van der Waals surface area contributed by atoms with Crippen LogP contribution in [0.4, 0.5) is 0 Å². The van der Waals surface area contributed by atoms with E-state index in [9.17, 15) is 9.59 Å².